The minimum absolute atomic E-state index is 0.0169. The molecule has 0 bridgehead atoms. The Bertz CT molecular complexity index is 667. The molecule has 2 N–H and O–H groups in total. The molecule has 1 aliphatic carbocycles. The highest BCUT2D eigenvalue weighted by Gasteiger charge is 2.30. The summed E-state index contributed by atoms with van der Waals surface area (Å²) in [6.07, 6.45) is 0. The molecule has 17 heavy (non-hydrogen) atoms. The zero-order chi connectivity index (χ0) is 12.2. The quantitative estimate of drug-likeness (QED) is 0.640. The fourth-order valence-electron chi connectivity index (χ4n) is 2.13. The van der Waals surface area contributed by atoms with Crippen molar-refractivity contribution < 1.29 is 4.79 Å². The van der Waals surface area contributed by atoms with Crippen LogP contribution in [0.3, 0.4) is 0 Å². The summed E-state index contributed by atoms with van der Waals surface area (Å²) < 4.78 is 0.641. The molecule has 0 atom stereocenters. The topological polar surface area (TPSA) is 43.1 Å². The molecular formula is C13H7BrClNO. The highest BCUT2D eigenvalue weighted by molar-refractivity contribution is 9.10. The van der Waals surface area contributed by atoms with Crippen molar-refractivity contribution in [1.29, 1.82) is 0 Å². The molecule has 0 amide bonds. The maximum atomic E-state index is 12.2. The number of anilines is 1. The zero-order valence-corrected chi connectivity index (χ0v) is 11.0. The highest BCUT2D eigenvalue weighted by atomic mass is 79.9. The van der Waals surface area contributed by atoms with Crippen molar-refractivity contribution in [3.63, 3.8) is 0 Å². The first-order valence-corrected chi connectivity index (χ1v) is 6.20. The van der Waals surface area contributed by atoms with Crippen LogP contribution in [0.1, 0.15) is 15.9 Å². The molecule has 0 saturated heterocycles. The molecule has 0 spiro atoms. The average Bonchev–Trinajstić information content (AvgIpc) is 2.61. The maximum absolute atomic E-state index is 12.2. The number of hydrogen-bond acceptors (Lipinski definition) is 2. The molecule has 2 nitrogen and oxygen atoms in total. The molecule has 4 heteroatoms. The molecule has 0 unspecified atom stereocenters. The third-order valence-electron chi connectivity index (χ3n) is 2.92. The molecule has 1 aliphatic rings. The monoisotopic (exact) mass is 307 g/mol. The number of hydrogen-bond donors (Lipinski definition) is 1. The normalized spacial score (nSPS) is 12.5. The van der Waals surface area contributed by atoms with Gasteiger partial charge in [-0.25, -0.2) is 0 Å². The Morgan fingerprint density at radius 3 is 2.47 bits per heavy atom. The lowest BCUT2D eigenvalue weighted by atomic mass is 10.1. The smallest absolute Gasteiger partial charge is 0.194 e. The van der Waals surface area contributed by atoms with E-state index in [-0.39, 0.29) is 5.78 Å². The standard InChI is InChI=1S/C13H7BrClNO/c14-11-9(16)5-8-10(12(11)15)6-3-1-2-4-7(6)13(8)17/h1-5H,16H2. The number of nitrogen functional groups attached to an aromatic ring is 1. The van der Waals surface area contributed by atoms with Crippen LogP contribution in [0, 0.1) is 0 Å². The number of rotatable bonds is 0. The molecule has 0 aliphatic heterocycles. The van der Waals surface area contributed by atoms with Gasteiger partial charge in [-0.2, -0.15) is 0 Å². The fourth-order valence-corrected chi connectivity index (χ4v) is 2.76. The summed E-state index contributed by atoms with van der Waals surface area (Å²) in [5.74, 6) is -0.0169. The zero-order valence-electron chi connectivity index (χ0n) is 8.63. The Labute approximate surface area is 112 Å². The van der Waals surface area contributed by atoms with Crippen LogP contribution in [0.15, 0.2) is 34.8 Å². The molecule has 2 aromatic carbocycles. The predicted octanol–water partition coefficient (Wildman–Crippen LogP) is 3.90. The Morgan fingerprint density at radius 2 is 1.76 bits per heavy atom. The molecular weight excluding hydrogens is 302 g/mol. The van der Waals surface area contributed by atoms with Gasteiger partial charge in [-0.05, 0) is 27.6 Å². The molecule has 0 fully saturated rings. The largest absolute Gasteiger partial charge is 0.398 e. The van der Waals surface area contributed by atoms with Crippen molar-refractivity contribution in [2.24, 2.45) is 0 Å². The number of nitrogens with two attached hydrogens (primary N) is 1. The molecule has 2 aromatic rings. The number of benzene rings is 2. The number of carbonyl (C=O) groups excluding carboxylic acids is 1. The van der Waals surface area contributed by atoms with Gasteiger partial charge in [0, 0.05) is 22.4 Å². The number of halogens is 2. The van der Waals surface area contributed by atoms with E-state index in [1.54, 1.807) is 12.1 Å². The fraction of sp³-hybridized carbons (Fsp3) is 0. The van der Waals surface area contributed by atoms with Crippen LogP contribution in [0.5, 0.6) is 0 Å². The molecule has 84 valence electrons. The third-order valence-corrected chi connectivity index (χ3v) is 4.38. The summed E-state index contributed by atoms with van der Waals surface area (Å²) in [5.41, 5.74) is 9.20. The summed E-state index contributed by atoms with van der Waals surface area (Å²) in [4.78, 5) is 12.2. The van der Waals surface area contributed by atoms with Crippen LogP contribution in [-0.4, -0.2) is 5.78 Å². The van der Waals surface area contributed by atoms with E-state index in [1.807, 2.05) is 18.2 Å². The van der Waals surface area contributed by atoms with Crippen molar-refractivity contribution in [1.82, 2.24) is 0 Å². The lowest BCUT2D eigenvalue weighted by molar-refractivity contribution is 0.104. The second-order valence-corrected chi connectivity index (χ2v) is 5.06. The van der Waals surface area contributed by atoms with E-state index in [4.69, 9.17) is 17.3 Å². The van der Waals surface area contributed by atoms with Crippen LogP contribution in [0.4, 0.5) is 5.69 Å². The molecule has 0 saturated carbocycles. The van der Waals surface area contributed by atoms with Crippen LogP contribution >= 0.6 is 27.5 Å². The first-order chi connectivity index (χ1) is 8.11. The van der Waals surface area contributed by atoms with Gasteiger partial charge in [0.05, 0.1) is 9.50 Å². The summed E-state index contributed by atoms with van der Waals surface area (Å²) in [7, 11) is 0. The van der Waals surface area contributed by atoms with E-state index in [0.717, 1.165) is 11.1 Å². The SMILES string of the molecule is Nc1cc2c(c(Cl)c1Br)-c1ccccc1C2=O. The first kappa shape index (κ1) is 10.8. The maximum Gasteiger partial charge on any atom is 0.194 e. The van der Waals surface area contributed by atoms with Crippen molar-refractivity contribution >= 4 is 39.0 Å². The van der Waals surface area contributed by atoms with E-state index in [2.05, 4.69) is 15.9 Å². The van der Waals surface area contributed by atoms with Gasteiger partial charge in [-0.3, -0.25) is 4.79 Å². The molecule has 0 radical (unpaired) electrons. The van der Waals surface area contributed by atoms with E-state index < -0.39 is 0 Å². The minimum atomic E-state index is -0.0169. The van der Waals surface area contributed by atoms with Gasteiger partial charge >= 0.3 is 0 Å². The third kappa shape index (κ3) is 1.36. The van der Waals surface area contributed by atoms with E-state index >= 15 is 0 Å². The summed E-state index contributed by atoms with van der Waals surface area (Å²) in [6, 6.07) is 9.11. The predicted molar refractivity (Wildman–Crippen MR) is 72.4 cm³/mol. The van der Waals surface area contributed by atoms with E-state index in [9.17, 15) is 4.79 Å². The van der Waals surface area contributed by atoms with Gasteiger partial charge in [0.1, 0.15) is 0 Å². The van der Waals surface area contributed by atoms with Crippen molar-refractivity contribution in [2.45, 2.75) is 0 Å². The Hall–Kier alpha value is -1.32. The van der Waals surface area contributed by atoms with Gasteiger partial charge in [-0.15, -0.1) is 0 Å². The average molecular weight is 309 g/mol. The molecule has 0 aromatic heterocycles. The van der Waals surface area contributed by atoms with Gasteiger partial charge in [0.15, 0.2) is 5.78 Å². The molecule has 3 rings (SSSR count). The Morgan fingerprint density at radius 1 is 1.12 bits per heavy atom. The van der Waals surface area contributed by atoms with Crippen LogP contribution in [-0.2, 0) is 0 Å². The van der Waals surface area contributed by atoms with Crippen molar-refractivity contribution in [3.8, 4) is 11.1 Å². The van der Waals surface area contributed by atoms with Crippen LogP contribution in [0.25, 0.3) is 11.1 Å². The van der Waals surface area contributed by atoms with Gasteiger partial charge < -0.3 is 5.73 Å². The van der Waals surface area contributed by atoms with Gasteiger partial charge in [0.2, 0.25) is 0 Å². The van der Waals surface area contributed by atoms with Gasteiger partial charge in [-0.1, -0.05) is 35.9 Å². The summed E-state index contributed by atoms with van der Waals surface area (Å²) in [6.45, 7) is 0. The Kier molecular flexibility index (Phi) is 2.28. The summed E-state index contributed by atoms with van der Waals surface area (Å²) >= 11 is 9.59. The van der Waals surface area contributed by atoms with E-state index in [0.29, 0.717) is 26.3 Å². The summed E-state index contributed by atoms with van der Waals surface area (Å²) in [5, 5.41) is 0.498. The number of carbonyl (C=O) groups is 1. The second-order valence-electron chi connectivity index (χ2n) is 3.89. The van der Waals surface area contributed by atoms with Crippen molar-refractivity contribution in [3.05, 3.63) is 51.0 Å². The van der Waals surface area contributed by atoms with Gasteiger partial charge in [0.25, 0.3) is 0 Å². The molecule has 0 heterocycles. The van der Waals surface area contributed by atoms with Crippen LogP contribution in [0.2, 0.25) is 5.02 Å². The highest BCUT2D eigenvalue weighted by Crippen LogP contribution is 2.46. The Balaban J connectivity index is 2.45. The minimum Gasteiger partial charge on any atom is -0.398 e. The van der Waals surface area contributed by atoms with E-state index in [1.165, 1.54) is 0 Å². The number of fused-ring (bicyclic) bond motifs is 3. The first-order valence-electron chi connectivity index (χ1n) is 5.03. The lowest BCUT2D eigenvalue weighted by Gasteiger charge is -2.07. The lowest BCUT2D eigenvalue weighted by Crippen LogP contribution is -1.97. The van der Waals surface area contributed by atoms with Crippen LogP contribution < -0.4 is 5.73 Å². The second kappa shape index (κ2) is 3.59. The van der Waals surface area contributed by atoms with Crippen molar-refractivity contribution in [2.75, 3.05) is 5.73 Å². The number of ketones is 1.